The average Bonchev–Trinajstić information content (AvgIpc) is 3.39. The van der Waals surface area contributed by atoms with Crippen LogP contribution in [0.5, 0.6) is 0 Å². The van der Waals surface area contributed by atoms with Crippen molar-refractivity contribution in [1.29, 1.82) is 0 Å². The number of nitrogens with zero attached hydrogens (tertiary/aromatic N) is 3. The Balaban J connectivity index is 1.54. The van der Waals surface area contributed by atoms with Crippen molar-refractivity contribution in [3.05, 3.63) is 83.0 Å². The summed E-state index contributed by atoms with van der Waals surface area (Å²) in [6.07, 6.45) is 1.57. The highest BCUT2D eigenvalue weighted by atomic mass is 79.9. The van der Waals surface area contributed by atoms with Crippen LogP contribution in [0.2, 0.25) is 0 Å². The van der Waals surface area contributed by atoms with Crippen LogP contribution in [0.4, 0.5) is 10.1 Å². The first kappa shape index (κ1) is 20.4. The maximum atomic E-state index is 14.3. The molecule has 0 saturated carbocycles. The predicted molar refractivity (Wildman–Crippen MR) is 117 cm³/mol. The second-order valence-corrected chi connectivity index (χ2v) is 8.15. The van der Waals surface area contributed by atoms with Crippen LogP contribution in [0.3, 0.4) is 0 Å². The van der Waals surface area contributed by atoms with E-state index >= 15 is 0 Å². The summed E-state index contributed by atoms with van der Waals surface area (Å²) in [5, 5.41) is 11.7. The van der Waals surface area contributed by atoms with E-state index in [1.54, 1.807) is 35.1 Å². The largest absolute Gasteiger partial charge is 0.467 e. The van der Waals surface area contributed by atoms with Crippen LogP contribution >= 0.6 is 27.7 Å². The molecule has 9 heteroatoms. The van der Waals surface area contributed by atoms with Crippen molar-refractivity contribution in [3.63, 3.8) is 0 Å². The standard InChI is InChI=1S/C21H16BrFN4O2S/c22-14-7-9-15(10-8-14)24-19(28)13-30-21-26-25-20(17-5-1-2-6-18(17)23)27(21)12-16-4-3-11-29-16/h1-11H,12-13H2,(H,24,28). The lowest BCUT2D eigenvalue weighted by Gasteiger charge is -2.09. The Kier molecular flexibility index (Phi) is 6.29. The van der Waals surface area contributed by atoms with Crippen LogP contribution in [0.15, 0.2) is 81.0 Å². The van der Waals surface area contributed by atoms with Gasteiger partial charge >= 0.3 is 0 Å². The van der Waals surface area contributed by atoms with Gasteiger partial charge < -0.3 is 9.73 Å². The Morgan fingerprint density at radius 2 is 1.90 bits per heavy atom. The number of carbonyl (C=O) groups is 1. The van der Waals surface area contributed by atoms with Gasteiger partial charge in [-0.3, -0.25) is 9.36 Å². The molecule has 1 N–H and O–H groups in total. The number of thioether (sulfide) groups is 1. The maximum absolute atomic E-state index is 14.3. The molecule has 30 heavy (non-hydrogen) atoms. The normalized spacial score (nSPS) is 10.9. The third-order valence-electron chi connectivity index (χ3n) is 4.19. The minimum absolute atomic E-state index is 0.129. The van der Waals surface area contributed by atoms with E-state index in [1.807, 2.05) is 30.3 Å². The van der Waals surface area contributed by atoms with Gasteiger partial charge in [-0.05, 0) is 48.5 Å². The van der Waals surface area contributed by atoms with Crippen molar-refractivity contribution in [2.45, 2.75) is 11.7 Å². The molecule has 4 aromatic rings. The van der Waals surface area contributed by atoms with Gasteiger partial charge in [-0.1, -0.05) is 39.8 Å². The molecular weight excluding hydrogens is 471 g/mol. The van der Waals surface area contributed by atoms with Crippen LogP contribution in [-0.2, 0) is 11.3 Å². The third-order valence-corrected chi connectivity index (χ3v) is 5.68. The Hall–Kier alpha value is -2.91. The third kappa shape index (κ3) is 4.80. The molecule has 0 fully saturated rings. The highest BCUT2D eigenvalue weighted by Gasteiger charge is 2.19. The van der Waals surface area contributed by atoms with Crippen molar-refractivity contribution in [2.24, 2.45) is 0 Å². The number of nitrogens with one attached hydrogen (secondary N) is 1. The molecule has 0 atom stereocenters. The summed E-state index contributed by atoms with van der Waals surface area (Å²) in [4.78, 5) is 12.4. The second-order valence-electron chi connectivity index (χ2n) is 6.30. The Morgan fingerprint density at radius 3 is 2.63 bits per heavy atom. The van der Waals surface area contributed by atoms with Gasteiger partial charge in [0.15, 0.2) is 11.0 Å². The lowest BCUT2D eigenvalue weighted by Crippen LogP contribution is -2.14. The molecule has 0 spiro atoms. The number of amides is 1. The highest BCUT2D eigenvalue weighted by molar-refractivity contribution is 9.10. The van der Waals surface area contributed by atoms with Gasteiger partial charge in [-0.25, -0.2) is 4.39 Å². The molecule has 2 heterocycles. The molecule has 0 bridgehead atoms. The number of benzene rings is 2. The fraction of sp³-hybridized carbons (Fsp3) is 0.0952. The van der Waals surface area contributed by atoms with Crippen molar-refractivity contribution >= 4 is 39.3 Å². The van der Waals surface area contributed by atoms with Crippen molar-refractivity contribution in [1.82, 2.24) is 14.8 Å². The number of furan rings is 1. The molecule has 6 nitrogen and oxygen atoms in total. The molecule has 0 aliphatic carbocycles. The summed E-state index contributed by atoms with van der Waals surface area (Å²) in [6, 6.07) is 17.3. The summed E-state index contributed by atoms with van der Waals surface area (Å²) >= 11 is 4.59. The topological polar surface area (TPSA) is 73.0 Å². The molecular formula is C21H16BrFN4O2S. The van der Waals surface area contributed by atoms with Crippen molar-refractivity contribution in [2.75, 3.05) is 11.1 Å². The molecule has 0 radical (unpaired) electrons. The minimum atomic E-state index is -0.393. The van der Waals surface area contributed by atoms with E-state index in [0.29, 0.717) is 34.5 Å². The molecule has 0 aliphatic heterocycles. The molecule has 0 aliphatic rings. The summed E-state index contributed by atoms with van der Waals surface area (Å²) < 4.78 is 22.5. The van der Waals surface area contributed by atoms with Gasteiger partial charge in [0.1, 0.15) is 11.6 Å². The number of hydrogen-bond acceptors (Lipinski definition) is 5. The lowest BCUT2D eigenvalue weighted by atomic mass is 10.2. The number of aromatic nitrogens is 3. The first-order chi connectivity index (χ1) is 14.6. The molecule has 2 aromatic heterocycles. The minimum Gasteiger partial charge on any atom is -0.467 e. The van der Waals surface area contributed by atoms with Gasteiger partial charge in [0, 0.05) is 10.2 Å². The molecule has 4 rings (SSSR count). The van der Waals surface area contributed by atoms with E-state index in [4.69, 9.17) is 4.42 Å². The first-order valence-electron chi connectivity index (χ1n) is 8.99. The van der Waals surface area contributed by atoms with Gasteiger partial charge in [-0.15, -0.1) is 10.2 Å². The fourth-order valence-electron chi connectivity index (χ4n) is 2.80. The summed E-state index contributed by atoms with van der Waals surface area (Å²) in [7, 11) is 0. The Morgan fingerprint density at radius 1 is 1.10 bits per heavy atom. The zero-order valence-corrected chi connectivity index (χ0v) is 18.0. The lowest BCUT2D eigenvalue weighted by molar-refractivity contribution is -0.113. The van der Waals surface area contributed by atoms with E-state index in [9.17, 15) is 9.18 Å². The second kappa shape index (κ2) is 9.27. The molecule has 0 unspecified atom stereocenters. The zero-order valence-electron chi connectivity index (χ0n) is 15.6. The Bertz CT molecular complexity index is 1150. The van der Waals surface area contributed by atoms with Gasteiger partial charge in [0.2, 0.25) is 5.91 Å². The van der Waals surface area contributed by atoms with Crippen LogP contribution in [0, 0.1) is 5.82 Å². The quantitative estimate of drug-likeness (QED) is 0.362. The number of anilines is 1. The average molecular weight is 487 g/mol. The molecule has 0 saturated heterocycles. The van der Waals surface area contributed by atoms with E-state index in [-0.39, 0.29) is 11.7 Å². The van der Waals surface area contributed by atoms with Gasteiger partial charge in [-0.2, -0.15) is 0 Å². The van der Waals surface area contributed by atoms with Crippen LogP contribution < -0.4 is 5.32 Å². The van der Waals surface area contributed by atoms with E-state index in [0.717, 1.165) is 4.47 Å². The molecule has 1 amide bonds. The monoisotopic (exact) mass is 486 g/mol. The van der Waals surface area contributed by atoms with E-state index in [2.05, 4.69) is 31.4 Å². The first-order valence-corrected chi connectivity index (χ1v) is 10.8. The summed E-state index contributed by atoms with van der Waals surface area (Å²) in [6.45, 7) is 0.320. The van der Waals surface area contributed by atoms with Gasteiger partial charge in [0.25, 0.3) is 0 Å². The molecule has 2 aromatic carbocycles. The number of halogens is 2. The van der Waals surface area contributed by atoms with Gasteiger partial charge in [0.05, 0.1) is 24.1 Å². The predicted octanol–water partition coefficient (Wildman–Crippen LogP) is 5.22. The number of rotatable bonds is 7. The smallest absolute Gasteiger partial charge is 0.234 e. The summed E-state index contributed by atoms with van der Waals surface area (Å²) in [5.41, 5.74) is 1.04. The van der Waals surface area contributed by atoms with Crippen molar-refractivity contribution in [3.8, 4) is 11.4 Å². The fourth-order valence-corrected chi connectivity index (χ4v) is 3.80. The zero-order chi connectivity index (χ0) is 20.9. The van der Waals surface area contributed by atoms with Crippen molar-refractivity contribution < 1.29 is 13.6 Å². The van der Waals surface area contributed by atoms with Crippen LogP contribution in [-0.4, -0.2) is 26.4 Å². The number of carbonyl (C=O) groups excluding carboxylic acids is 1. The maximum Gasteiger partial charge on any atom is 0.234 e. The highest BCUT2D eigenvalue weighted by Crippen LogP contribution is 2.27. The van der Waals surface area contributed by atoms with E-state index < -0.39 is 5.82 Å². The Labute approximate surface area is 184 Å². The van der Waals surface area contributed by atoms with Crippen LogP contribution in [0.1, 0.15) is 5.76 Å². The number of hydrogen-bond donors (Lipinski definition) is 1. The SMILES string of the molecule is O=C(CSc1nnc(-c2ccccc2F)n1Cc1ccco1)Nc1ccc(Br)cc1. The molecule has 152 valence electrons. The summed E-state index contributed by atoms with van der Waals surface area (Å²) in [5.74, 6) is 0.607. The van der Waals surface area contributed by atoms with E-state index in [1.165, 1.54) is 17.8 Å². The van der Waals surface area contributed by atoms with Crippen LogP contribution in [0.25, 0.3) is 11.4 Å².